The fraction of sp³-hybridized carbons (Fsp3) is 0.0556. The zero-order valence-corrected chi connectivity index (χ0v) is 14.7. The standard InChI is InChI=1S/C18H13ClN2O3S/c1-21-16(22)15(9-11-5-7-13(19)8-6-11)25-18(21)20-14-4-2-3-12(10-14)17(23)24/h2-10H,1H3,(H,23,24)/p-1/b15-9-,20-18?. The second-order valence-corrected chi connectivity index (χ2v) is 6.70. The highest BCUT2D eigenvalue weighted by Crippen LogP contribution is 2.33. The molecule has 2 aromatic carbocycles. The number of aliphatic imine (C=N–C) groups is 1. The molecule has 1 saturated heterocycles. The molecule has 0 radical (unpaired) electrons. The topological polar surface area (TPSA) is 72.8 Å². The Hall–Kier alpha value is -2.57. The first-order valence-corrected chi connectivity index (χ1v) is 8.47. The molecule has 0 unspecified atom stereocenters. The van der Waals surface area contributed by atoms with Crippen LogP contribution in [-0.2, 0) is 4.79 Å². The first kappa shape index (κ1) is 17.3. The van der Waals surface area contributed by atoms with Gasteiger partial charge in [0.25, 0.3) is 5.91 Å². The lowest BCUT2D eigenvalue weighted by molar-refractivity contribution is -0.255. The van der Waals surface area contributed by atoms with Crippen molar-refractivity contribution in [2.45, 2.75) is 0 Å². The first-order chi connectivity index (χ1) is 11.9. The van der Waals surface area contributed by atoms with Crippen molar-refractivity contribution in [3.8, 4) is 0 Å². The van der Waals surface area contributed by atoms with Gasteiger partial charge in [-0.05, 0) is 53.2 Å². The van der Waals surface area contributed by atoms with Gasteiger partial charge in [0.2, 0.25) is 0 Å². The Morgan fingerprint density at radius 1 is 1.24 bits per heavy atom. The van der Waals surface area contributed by atoms with E-state index in [-0.39, 0.29) is 11.5 Å². The van der Waals surface area contributed by atoms with Crippen molar-refractivity contribution in [2.75, 3.05) is 7.05 Å². The number of hydrogen-bond acceptors (Lipinski definition) is 5. The summed E-state index contributed by atoms with van der Waals surface area (Å²) in [4.78, 5) is 29.6. The van der Waals surface area contributed by atoms with E-state index < -0.39 is 5.97 Å². The molecule has 1 amide bonds. The number of amides is 1. The molecule has 0 aromatic heterocycles. The largest absolute Gasteiger partial charge is 0.545 e. The number of hydrogen-bond donors (Lipinski definition) is 0. The number of amidine groups is 1. The van der Waals surface area contributed by atoms with Gasteiger partial charge in [0.1, 0.15) is 0 Å². The van der Waals surface area contributed by atoms with Gasteiger partial charge in [0.15, 0.2) is 5.17 Å². The molecule has 126 valence electrons. The average Bonchev–Trinajstić information content (AvgIpc) is 2.85. The summed E-state index contributed by atoms with van der Waals surface area (Å²) in [6, 6.07) is 13.2. The number of likely N-dealkylation sites (N-methyl/N-ethyl adjacent to an activating group) is 1. The Morgan fingerprint density at radius 2 is 1.96 bits per heavy atom. The summed E-state index contributed by atoms with van der Waals surface area (Å²) in [5.74, 6) is -1.44. The molecule has 0 aliphatic carbocycles. The van der Waals surface area contributed by atoms with Crippen LogP contribution in [-0.4, -0.2) is 29.0 Å². The van der Waals surface area contributed by atoms with Crippen molar-refractivity contribution < 1.29 is 14.7 Å². The van der Waals surface area contributed by atoms with Crippen molar-refractivity contribution in [3.63, 3.8) is 0 Å². The number of carboxylic acid groups (broad SMARTS) is 1. The lowest BCUT2D eigenvalue weighted by atomic mass is 10.2. The van der Waals surface area contributed by atoms with Crippen LogP contribution >= 0.6 is 23.4 Å². The number of benzene rings is 2. The minimum absolute atomic E-state index is 0.0377. The van der Waals surface area contributed by atoms with E-state index in [4.69, 9.17) is 11.6 Å². The third-order valence-electron chi connectivity index (χ3n) is 3.48. The molecule has 2 aromatic rings. The van der Waals surface area contributed by atoms with Gasteiger partial charge in [-0.2, -0.15) is 0 Å². The van der Waals surface area contributed by atoms with Crippen molar-refractivity contribution in [2.24, 2.45) is 4.99 Å². The Balaban J connectivity index is 1.89. The highest BCUT2D eigenvalue weighted by molar-refractivity contribution is 8.18. The minimum atomic E-state index is -1.27. The zero-order valence-electron chi connectivity index (χ0n) is 13.1. The Bertz CT molecular complexity index is 907. The number of rotatable bonds is 3. The molecule has 5 nitrogen and oxygen atoms in total. The van der Waals surface area contributed by atoms with Crippen LogP contribution in [0, 0.1) is 0 Å². The van der Waals surface area contributed by atoms with Gasteiger partial charge >= 0.3 is 0 Å². The fourth-order valence-corrected chi connectivity index (χ4v) is 3.29. The SMILES string of the molecule is CN1C(=O)/C(=C/c2ccc(Cl)cc2)SC1=Nc1cccc(C(=O)[O-])c1. The molecule has 3 rings (SSSR count). The summed E-state index contributed by atoms with van der Waals surface area (Å²) >= 11 is 7.09. The predicted octanol–water partition coefficient (Wildman–Crippen LogP) is 2.94. The van der Waals surface area contributed by atoms with Crippen LogP contribution in [0.1, 0.15) is 15.9 Å². The van der Waals surface area contributed by atoms with Gasteiger partial charge in [-0.3, -0.25) is 9.69 Å². The maximum absolute atomic E-state index is 12.4. The molecule has 1 fully saturated rings. The van der Waals surface area contributed by atoms with Gasteiger partial charge in [-0.15, -0.1) is 0 Å². The molecule has 0 N–H and O–H groups in total. The van der Waals surface area contributed by atoms with E-state index in [1.54, 1.807) is 37.4 Å². The van der Waals surface area contributed by atoms with Crippen molar-refractivity contribution in [1.29, 1.82) is 0 Å². The summed E-state index contributed by atoms with van der Waals surface area (Å²) in [6.07, 6.45) is 1.76. The molecule has 25 heavy (non-hydrogen) atoms. The zero-order chi connectivity index (χ0) is 18.0. The number of carboxylic acids is 1. The van der Waals surface area contributed by atoms with Crippen LogP contribution in [0.5, 0.6) is 0 Å². The summed E-state index contributed by atoms with van der Waals surface area (Å²) in [5, 5.41) is 12.0. The molecular formula is C18H12ClN2O3S-. The molecule has 7 heteroatoms. The molecule has 0 spiro atoms. The molecule has 0 atom stereocenters. The Labute approximate surface area is 153 Å². The van der Waals surface area contributed by atoms with Crippen molar-refractivity contribution in [3.05, 3.63) is 69.6 Å². The van der Waals surface area contributed by atoms with Gasteiger partial charge in [0.05, 0.1) is 16.6 Å². The average molecular weight is 372 g/mol. The van der Waals surface area contributed by atoms with Gasteiger partial charge in [0, 0.05) is 12.1 Å². The highest BCUT2D eigenvalue weighted by Gasteiger charge is 2.30. The number of aromatic carboxylic acids is 1. The molecular weight excluding hydrogens is 360 g/mol. The van der Waals surface area contributed by atoms with Crippen LogP contribution < -0.4 is 5.11 Å². The molecule has 1 aliphatic rings. The third kappa shape index (κ3) is 3.92. The molecule has 1 aliphatic heterocycles. The van der Waals surface area contributed by atoms with E-state index in [1.807, 2.05) is 12.1 Å². The van der Waals surface area contributed by atoms with Gasteiger partial charge < -0.3 is 9.90 Å². The summed E-state index contributed by atoms with van der Waals surface area (Å²) < 4.78 is 0. The predicted molar refractivity (Wildman–Crippen MR) is 97.7 cm³/mol. The number of halogens is 1. The maximum Gasteiger partial charge on any atom is 0.266 e. The Kier molecular flexibility index (Phi) is 4.92. The number of thioether (sulfide) groups is 1. The fourth-order valence-electron chi connectivity index (χ4n) is 2.17. The van der Waals surface area contributed by atoms with Gasteiger partial charge in [-0.1, -0.05) is 35.9 Å². The monoisotopic (exact) mass is 371 g/mol. The van der Waals surface area contributed by atoms with Crippen LogP contribution in [0.25, 0.3) is 6.08 Å². The molecule has 1 heterocycles. The van der Waals surface area contributed by atoms with Crippen LogP contribution in [0.4, 0.5) is 5.69 Å². The smallest absolute Gasteiger partial charge is 0.266 e. The summed E-state index contributed by atoms with van der Waals surface area (Å²) in [5.41, 5.74) is 1.33. The Morgan fingerprint density at radius 3 is 2.64 bits per heavy atom. The third-order valence-corrected chi connectivity index (χ3v) is 4.79. The van der Waals surface area contributed by atoms with Crippen LogP contribution in [0.15, 0.2) is 58.4 Å². The number of carbonyl (C=O) groups is 2. The minimum Gasteiger partial charge on any atom is -0.545 e. The van der Waals surface area contributed by atoms with Crippen molar-refractivity contribution >= 4 is 52.2 Å². The van der Waals surface area contributed by atoms with E-state index in [0.29, 0.717) is 20.8 Å². The molecule has 0 saturated carbocycles. The van der Waals surface area contributed by atoms with E-state index in [0.717, 1.165) is 5.56 Å². The van der Waals surface area contributed by atoms with E-state index in [9.17, 15) is 14.7 Å². The quantitative estimate of drug-likeness (QED) is 0.777. The lowest BCUT2D eigenvalue weighted by Gasteiger charge is -2.08. The second kappa shape index (κ2) is 7.13. The van der Waals surface area contributed by atoms with E-state index in [2.05, 4.69) is 4.99 Å². The van der Waals surface area contributed by atoms with E-state index >= 15 is 0 Å². The molecule has 0 bridgehead atoms. The van der Waals surface area contributed by atoms with Crippen molar-refractivity contribution in [1.82, 2.24) is 4.90 Å². The normalized spacial score (nSPS) is 17.5. The van der Waals surface area contributed by atoms with Crippen LogP contribution in [0.3, 0.4) is 0 Å². The number of carbonyl (C=O) groups excluding carboxylic acids is 2. The second-order valence-electron chi connectivity index (χ2n) is 5.26. The number of nitrogens with zero attached hydrogens (tertiary/aromatic N) is 2. The van der Waals surface area contributed by atoms with Crippen LogP contribution in [0.2, 0.25) is 5.02 Å². The maximum atomic E-state index is 12.4. The first-order valence-electron chi connectivity index (χ1n) is 7.27. The lowest BCUT2D eigenvalue weighted by Crippen LogP contribution is -2.23. The highest BCUT2D eigenvalue weighted by atomic mass is 35.5. The van der Waals surface area contributed by atoms with Gasteiger partial charge in [-0.25, -0.2) is 4.99 Å². The summed E-state index contributed by atoms with van der Waals surface area (Å²) in [6.45, 7) is 0. The van der Waals surface area contributed by atoms with E-state index in [1.165, 1.54) is 28.8 Å². The summed E-state index contributed by atoms with van der Waals surface area (Å²) in [7, 11) is 1.62.